The van der Waals surface area contributed by atoms with Crippen LogP contribution in [0.2, 0.25) is 0 Å². The Morgan fingerprint density at radius 3 is 2.51 bits per heavy atom. The number of hydrogen-bond acceptors (Lipinski definition) is 6. The first-order valence-corrected chi connectivity index (χ1v) is 16.6. The number of pyridine rings is 1. The van der Waals surface area contributed by atoms with E-state index in [9.17, 15) is 9.90 Å². The van der Waals surface area contributed by atoms with Gasteiger partial charge in [0.2, 0.25) is 0 Å². The minimum atomic E-state index is -0.311. The molecule has 0 radical (unpaired) electrons. The largest absolute Gasteiger partial charge is 0.507 e. The molecule has 10 heteroatoms. The molecule has 1 aliphatic rings. The van der Waals surface area contributed by atoms with Crippen molar-refractivity contribution in [2.75, 3.05) is 5.32 Å². The van der Waals surface area contributed by atoms with Gasteiger partial charge in [-0.3, -0.25) is 9.72 Å². The van der Waals surface area contributed by atoms with Gasteiger partial charge in [0.15, 0.2) is 11.5 Å². The van der Waals surface area contributed by atoms with Gasteiger partial charge < -0.3 is 10.4 Å². The Morgan fingerprint density at radius 1 is 0.979 bits per heavy atom. The van der Waals surface area contributed by atoms with Crippen molar-refractivity contribution in [3.05, 3.63) is 114 Å². The van der Waals surface area contributed by atoms with Gasteiger partial charge in [-0.25, -0.2) is 9.48 Å². The molecule has 1 fully saturated rings. The zero-order valence-corrected chi connectivity index (χ0v) is 27.7. The molecule has 238 valence electrons. The van der Waals surface area contributed by atoms with Gasteiger partial charge in [0, 0.05) is 34.0 Å². The van der Waals surface area contributed by atoms with Crippen LogP contribution < -0.4 is 10.6 Å². The molecule has 2 amide bonds. The Labute approximate surface area is 278 Å². The van der Waals surface area contributed by atoms with Crippen LogP contribution in [0.25, 0.3) is 22.7 Å². The highest BCUT2D eigenvalue weighted by Crippen LogP contribution is 2.40. The summed E-state index contributed by atoms with van der Waals surface area (Å²) in [6, 6.07) is 27.6. The lowest BCUT2D eigenvalue weighted by Crippen LogP contribution is -2.29. The molecular formula is C37H37N7O2S. The molecule has 0 atom stereocenters. The van der Waals surface area contributed by atoms with Crippen LogP contribution in [0.5, 0.6) is 5.75 Å². The Balaban J connectivity index is 1.08. The second kappa shape index (κ2) is 12.3. The van der Waals surface area contributed by atoms with Crippen molar-refractivity contribution < 1.29 is 9.90 Å². The molecule has 3 aromatic carbocycles. The summed E-state index contributed by atoms with van der Waals surface area (Å²) in [7, 11) is 0. The SMILES string of the molecule is Cc1ccc(-c2nnc3ccc(Sc4ccccc4CNC(=O)Nc4cc(C(C)(C)C)nn4-c4ccc(C5CC5)cc4)cn23)c(O)c1. The third kappa shape index (κ3) is 6.59. The standard InChI is InChI=1S/C37H37N7O2S/c1-23-9-17-29(30(45)19-23)35-41-40-33-18-16-28(22-43(33)35)47-31-8-6-5-7-26(31)21-38-36(46)39-34-20-32(37(2,3)4)42-44(34)27-14-12-25(13-15-27)24-10-11-24/h5-9,12-20,22,24,45H,10-11,21H2,1-4H3,(H2,38,39,46). The number of rotatable bonds is 8. The summed E-state index contributed by atoms with van der Waals surface area (Å²) in [5, 5.41) is 30.2. The summed E-state index contributed by atoms with van der Waals surface area (Å²) in [6.07, 6.45) is 4.47. The fourth-order valence-corrected chi connectivity index (χ4v) is 6.46. The molecule has 0 spiro atoms. The maximum Gasteiger partial charge on any atom is 0.320 e. The summed E-state index contributed by atoms with van der Waals surface area (Å²) in [5.74, 6) is 2.02. The number of aryl methyl sites for hydroxylation is 1. The average molecular weight is 644 g/mol. The van der Waals surface area contributed by atoms with Crippen molar-refractivity contribution in [1.29, 1.82) is 0 Å². The molecule has 0 bridgehead atoms. The predicted molar refractivity (Wildman–Crippen MR) is 185 cm³/mol. The van der Waals surface area contributed by atoms with E-state index in [0.717, 1.165) is 32.3 Å². The number of aromatic hydroxyl groups is 1. The van der Waals surface area contributed by atoms with Crippen LogP contribution in [-0.4, -0.2) is 35.5 Å². The van der Waals surface area contributed by atoms with Crippen molar-refractivity contribution in [3.8, 4) is 22.8 Å². The van der Waals surface area contributed by atoms with Crippen molar-refractivity contribution >= 4 is 29.3 Å². The van der Waals surface area contributed by atoms with Crippen LogP contribution in [0.15, 0.2) is 101 Å². The van der Waals surface area contributed by atoms with Gasteiger partial charge in [-0.2, -0.15) is 5.10 Å². The van der Waals surface area contributed by atoms with E-state index in [-0.39, 0.29) is 17.2 Å². The van der Waals surface area contributed by atoms with E-state index >= 15 is 0 Å². The van der Waals surface area contributed by atoms with E-state index in [1.807, 2.05) is 76.8 Å². The zero-order chi connectivity index (χ0) is 32.7. The lowest BCUT2D eigenvalue weighted by molar-refractivity contribution is 0.251. The number of anilines is 1. The van der Waals surface area contributed by atoms with Crippen LogP contribution in [0, 0.1) is 6.92 Å². The molecule has 1 saturated carbocycles. The van der Waals surface area contributed by atoms with E-state index in [4.69, 9.17) is 5.10 Å². The summed E-state index contributed by atoms with van der Waals surface area (Å²) in [5.41, 5.74) is 6.23. The molecule has 6 aromatic rings. The third-order valence-corrected chi connectivity index (χ3v) is 9.41. The first-order chi connectivity index (χ1) is 22.6. The highest BCUT2D eigenvalue weighted by molar-refractivity contribution is 7.99. The fraction of sp³-hybridized carbons (Fsp3) is 0.243. The quantitative estimate of drug-likeness (QED) is 0.154. The average Bonchev–Trinajstić information content (AvgIpc) is 3.68. The molecule has 0 unspecified atom stereocenters. The molecule has 47 heavy (non-hydrogen) atoms. The Bertz CT molecular complexity index is 2090. The summed E-state index contributed by atoms with van der Waals surface area (Å²) >= 11 is 1.59. The van der Waals surface area contributed by atoms with Gasteiger partial charge in [-0.15, -0.1) is 10.2 Å². The molecular weight excluding hydrogens is 607 g/mol. The smallest absolute Gasteiger partial charge is 0.320 e. The lowest BCUT2D eigenvalue weighted by Gasteiger charge is -2.14. The number of benzene rings is 3. The maximum absolute atomic E-state index is 13.3. The van der Waals surface area contributed by atoms with Gasteiger partial charge in [0.05, 0.1) is 16.9 Å². The van der Waals surface area contributed by atoms with E-state index in [2.05, 4.69) is 65.9 Å². The first-order valence-electron chi connectivity index (χ1n) is 15.8. The molecule has 0 saturated heterocycles. The minimum Gasteiger partial charge on any atom is -0.507 e. The highest BCUT2D eigenvalue weighted by Gasteiger charge is 2.24. The molecule has 7 rings (SSSR count). The highest BCUT2D eigenvalue weighted by atomic mass is 32.2. The van der Waals surface area contributed by atoms with Gasteiger partial charge >= 0.3 is 6.03 Å². The van der Waals surface area contributed by atoms with Crippen molar-refractivity contribution in [2.24, 2.45) is 0 Å². The topological polar surface area (TPSA) is 109 Å². The van der Waals surface area contributed by atoms with Crippen molar-refractivity contribution in [1.82, 2.24) is 29.7 Å². The number of hydrogen-bond donors (Lipinski definition) is 3. The lowest BCUT2D eigenvalue weighted by atomic mass is 9.92. The molecule has 9 nitrogen and oxygen atoms in total. The van der Waals surface area contributed by atoms with E-state index < -0.39 is 0 Å². The number of urea groups is 1. The predicted octanol–water partition coefficient (Wildman–Crippen LogP) is 8.24. The van der Waals surface area contributed by atoms with Crippen molar-refractivity contribution in [2.45, 2.75) is 68.2 Å². The number of nitrogens with one attached hydrogen (secondary N) is 2. The Morgan fingerprint density at radius 2 is 1.77 bits per heavy atom. The Hall–Kier alpha value is -5.09. The number of phenols is 1. The fourth-order valence-electron chi connectivity index (χ4n) is 5.50. The second-order valence-electron chi connectivity index (χ2n) is 13.1. The normalized spacial score (nSPS) is 13.2. The number of phenolic OH excluding ortho intramolecular Hbond substituents is 1. The van der Waals surface area contributed by atoms with E-state index in [1.54, 1.807) is 17.8 Å². The molecule has 3 aromatic heterocycles. The number of carbonyl (C=O) groups is 1. The van der Waals surface area contributed by atoms with E-state index in [0.29, 0.717) is 35.3 Å². The number of fused-ring (bicyclic) bond motifs is 1. The molecule has 0 aliphatic heterocycles. The third-order valence-electron chi connectivity index (χ3n) is 8.31. The van der Waals surface area contributed by atoms with Crippen LogP contribution in [0.4, 0.5) is 10.6 Å². The van der Waals surface area contributed by atoms with Crippen LogP contribution in [-0.2, 0) is 12.0 Å². The maximum atomic E-state index is 13.3. The number of aromatic nitrogens is 5. The molecule has 3 heterocycles. The second-order valence-corrected chi connectivity index (χ2v) is 14.2. The van der Waals surface area contributed by atoms with E-state index in [1.165, 1.54) is 18.4 Å². The van der Waals surface area contributed by atoms with Gasteiger partial charge in [-0.1, -0.05) is 68.9 Å². The van der Waals surface area contributed by atoms with Crippen LogP contribution in [0.3, 0.4) is 0 Å². The van der Waals surface area contributed by atoms with Crippen LogP contribution >= 0.6 is 11.8 Å². The summed E-state index contributed by atoms with van der Waals surface area (Å²) in [6.45, 7) is 8.61. The number of carbonyl (C=O) groups excluding carboxylic acids is 1. The molecule has 3 N–H and O–H groups in total. The van der Waals surface area contributed by atoms with Gasteiger partial charge in [-0.05, 0) is 84.8 Å². The van der Waals surface area contributed by atoms with Gasteiger partial charge in [0.1, 0.15) is 11.6 Å². The minimum absolute atomic E-state index is 0.163. The molecule has 1 aliphatic carbocycles. The summed E-state index contributed by atoms with van der Waals surface area (Å²) < 4.78 is 3.70. The monoisotopic (exact) mass is 643 g/mol. The van der Waals surface area contributed by atoms with Gasteiger partial charge in [0.25, 0.3) is 0 Å². The van der Waals surface area contributed by atoms with Crippen molar-refractivity contribution in [3.63, 3.8) is 0 Å². The Kier molecular flexibility index (Phi) is 7.97. The number of nitrogens with zero attached hydrogens (tertiary/aromatic N) is 5. The number of amides is 2. The summed E-state index contributed by atoms with van der Waals surface area (Å²) in [4.78, 5) is 15.3. The zero-order valence-electron chi connectivity index (χ0n) is 26.9. The first kappa shape index (κ1) is 30.6. The van der Waals surface area contributed by atoms with Crippen LogP contribution in [0.1, 0.15) is 61.9 Å².